The van der Waals surface area contributed by atoms with Crippen LogP contribution in [0.5, 0.6) is 0 Å². The Hall–Kier alpha value is -3.24. The summed E-state index contributed by atoms with van der Waals surface area (Å²) in [5.41, 5.74) is 1.42. The number of oxazole rings is 1. The van der Waals surface area contributed by atoms with Gasteiger partial charge in [-0.15, -0.1) is 0 Å². The van der Waals surface area contributed by atoms with Gasteiger partial charge in [-0.3, -0.25) is 0 Å². The molecule has 0 N–H and O–H groups in total. The summed E-state index contributed by atoms with van der Waals surface area (Å²) in [4.78, 5) is 4.48. The molecule has 0 saturated carbocycles. The first-order valence-electron chi connectivity index (χ1n) is 10.5. The molecule has 1 unspecified atom stereocenters. The quantitative estimate of drug-likeness (QED) is 0.321. The molecule has 0 amide bonds. The van der Waals surface area contributed by atoms with Crippen molar-refractivity contribution in [3.8, 4) is 11.1 Å². The third-order valence-electron chi connectivity index (χ3n) is 5.86. The molecule has 5 nitrogen and oxygen atoms in total. The highest BCUT2D eigenvalue weighted by atomic mass is 32.2. The monoisotopic (exact) mass is 490 g/mol. The van der Waals surface area contributed by atoms with E-state index in [1.165, 1.54) is 28.6 Å². The molecule has 0 spiro atoms. The second-order valence-corrected chi connectivity index (χ2v) is 9.93. The number of fused-ring (bicyclic) bond motifs is 1. The largest absolute Gasteiger partial charge is 0.439 e. The number of halogens is 4. The Morgan fingerprint density at radius 2 is 1.62 bits per heavy atom. The van der Waals surface area contributed by atoms with Crippen LogP contribution in [0.15, 0.2) is 76.0 Å². The molecule has 34 heavy (non-hydrogen) atoms. The van der Waals surface area contributed by atoms with Crippen LogP contribution in [0.3, 0.4) is 0 Å². The maximum atomic E-state index is 13.3. The highest BCUT2D eigenvalue weighted by Gasteiger charge is 2.39. The predicted octanol–water partition coefficient (Wildman–Crippen LogP) is 6.18. The number of sulfonamides is 1. The molecule has 0 bridgehead atoms. The van der Waals surface area contributed by atoms with Crippen molar-refractivity contribution in [2.45, 2.75) is 30.0 Å². The Kier molecular flexibility index (Phi) is 5.44. The first kappa shape index (κ1) is 22.5. The van der Waals surface area contributed by atoms with E-state index in [0.717, 1.165) is 24.3 Å². The zero-order valence-corrected chi connectivity index (χ0v) is 18.4. The lowest BCUT2D eigenvalue weighted by Crippen LogP contribution is -2.30. The average Bonchev–Trinajstić information content (AvgIpc) is 3.46. The zero-order valence-electron chi connectivity index (χ0n) is 17.6. The van der Waals surface area contributed by atoms with Crippen molar-refractivity contribution < 1.29 is 30.4 Å². The number of rotatable bonds is 4. The van der Waals surface area contributed by atoms with Gasteiger partial charge >= 0.3 is 6.18 Å². The van der Waals surface area contributed by atoms with Crippen molar-refractivity contribution in [3.63, 3.8) is 0 Å². The van der Waals surface area contributed by atoms with Crippen molar-refractivity contribution >= 4 is 21.1 Å². The Morgan fingerprint density at radius 3 is 2.29 bits per heavy atom. The summed E-state index contributed by atoms with van der Waals surface area (Å²) in [6.45, 7) is 0.278. The van der Waals surface area contributed by atoms with Crippen molar-refractivity contribution in [2.24, 2.45) is 0 Å². The molecule has 1 aromatic heterocycles. The zero-order chi connectivity index (χ0) is 24.1. The van der Waals surface area contributed by atoms with Crippen LogP contribution >= 0.6 is 0 Å². The van der Waals surface area contributed by atoms with E-state index in [1.54, 1.807) is 18.2 Å². The highest BCUT2D eigenvalue weighted by molar-refractivity contribution is 7.89. The van der Waals surface area contributed by atoms with Gasteiger partial charge in [0.15, 0.2) is 5.58 Å². The third kappa shape index (κ3) is 4.07. The van der Waals surface area contributed by atoms with Gasteiger partial charge in [0.2, 0.25) is 15.9 Å². The smallest absolute Gasteiger partial charge is 0.416 e. The SMILES string of the molecule is O=S(=O)(c1ccc(F)cc1)N1CCCC1c1nc2cc(-c3ccc(C(F)(F)F)cc3)ccc2o1. The van der Waals surface area contributed by atoms with Gasteiger partial charge in [0.1, 0.15) is 17.4 Å². The van der Waals surface area contributed by atoms with Crippen molar-refractivity contribution in [2.75, 3.05) is 6.54 Å². The molecule has 176 valence electrons. The maximum Gasteiger partial charge on any atom is 0.416 e. The minimum absolute atomic E-state index is 0.0125. The van der Waals surface area contributed by atoms with Crippen LogP contribution in [0.25, 0.3) is 22.2 Å². The van der Waals surface area contributed by atoms with Gasteiger partial charge in [-0.2, -0.15) is 17.5 Å². The fraction of sp³-hybridized carbons (Fsp3) is 0.208. The van der Waals surface area contributed by atoms with E-state index in [2.05, 4.69) is 4.98 Å². The molecule has 1 fully saturated rings. The minimum Gasteiger partial charge on any atom is -0.439 e. The summed E-state index contributed by atoms with van der Waals surface area (Å²) in [5, 5.41) is 0. The molecule has 0 radical (unpaired) electrons. The number of nitrogens with zero attached hydrogens (tertiary/aromatic N) is 2. The van der Waals surface area contributed by atoms with Crippen LogP contribution in [-0.2, 0) is 16.2 Å². The Bertz CT molecular complexity index is 1450. The molecular weight excluding hydrogens is 472 g/mol. The van der Waals surface area contributed by atoms with Gasteiger partial charge in [-0.25, -0.2) is 17.8 Å². The van der Waals surface area contributed by atoms with Crippen LogP contribution < -0.4 is 0 Å². The molecule has 2 heterocycles. The molecule has 1 aliphatic rings. The first-order valence-corrected chi connectivity index (χ1v) is 11.9. The Morgan fingerprint density at radius 1 is 0.941 bits per heavy atom. The van der Waals surface area contributed by atoms with E-state index in [4.69, 9.17) is 4.42 Å². The molecule has 1 atom stereocenters. The molecule has 1 aliphatic heterocycles. The number of hydrogen-bond donors (Lipinski definition) is 0. The number of benzene rings is 3. The molecule has 1 saturated heterocycles. The van der Waals surface area contributed by atoms with Crippen molar-refractivity contribution in [3.05, 3.63) is 84.0 Å². The fourth-order valence-corrected chi connectivity index (χ4v) is 5.79. The Labute approximate surface area is 192 Å². The summed E-state index contributed by atoms with van der Waals surface area (Å²) >= 11 is 0. The lowest BCUT2D eigenvalue weighted by molar-refractivity contribution is -0.137. The van der Waals surface area contributed by atoms with Gasteiger partial charge in [-0.05, 0) is 72.5 Å². The molecule has 10 heteroatoms. The van der Waals surface area contributed by atoms with E-state index in [0.29, 0.717) is 35.1 Å². The summed E-state index contributed by atoms with van der Waals surface area (Å²) in [5.74, 6) is -0.289. The topological polar surface area (TPSA) is 63.4 Å². The lowest BCUT2D eigenvalue weighted by atomic mass is 10.0. The summed E-state index contributed by atoms with van der Waals surface area (Å²) in [6.07, 6.45) is -3.29. The van der Waals surface area contributed by atoms with Crippen molar-refractivity contribution in [1.82, 2.24) is 9.29 Å². The standard InChI is InChI=1S/C24H18F4N2O3S/c25-18-8-10-19(11-9-18)34(31,32)30-13-1-2-21(30)23-29-20-14-16(5-12-22(20)33-23)15-3-6-17(7-4-15)24(26,27)28/h3-12,14,21H,1-2,13H2. The second kappa shape index (κ2) is 8.21. The summed E-state index contributed by atoms with van der Waals surface area (Å²) in [7, 11) is -3.88. The van der Waals surface area contributed by atoms with Gasteiger partial charge in [0, 0.05) is 6.54 Å². The number of alkyl halides is 3. The number of aromatic nitrogens is 1. The molecule has 0 aliphatic carbocycles. The van der Waals surface area contributed by atoms with Crippen LogP contribution in [0.4, 0.5) is 17.6 Å². The van der Waals surface area contributed by atoms with E-state index in [-0.39, 0.29) is 17.3 Å². The van der Waals surface area contributed by atoms with E-state index >= 15 is 0 Å². The van der Waals surface area contributed by atoms with E-state index < -0.39 is 33.6 Å². The minimum atomic E-state index is -4.41. The van der Waals surface area contributed by atoms with E-state index in [9.17, 15) is 26.0 Å². The van der Waals surface area contributed by atoms with Gasteiger partial charge in [0.05, 0.1) is 10.5 Å². The highest BCUT2D eigenvalue weighted by Crippen LogP contribution is 2.38. The van der Waals surface area contributed by atoms with Crippen molar-refractivity contribution in [1.29, 1.82) is 0 Å². The summed E-state index contributed by atoms with van der Waals surface area (Å²) in [6, 6.07) is 13.9. The average molecular weight is 490 g/mol. The second-order valence-electron chi connectivity index (χ2n) is 8.04. The van der Waals surface area contributed by atoms with Crippen LogP contribution in [0.1, 0.15) is 30.3 Å². The molecular formula is C24H18F4N2O3S. The third-order valence-corrected chi connectivity index (χ3v) is 7.78. The van der Waals surface area contributed by atoms with Crippen LogP contribution in [0.2, 0.25) is 0 Å². The lowest BCUT2D eigenvalue weighted by Gasteiger charge is -2.21. The summed E-state index contributed by atoms with van der Waals surface area (Å²) < 4.78 is 85.2. The number of hydrogen-bond acceptors (Lipinski definition) is 4. The predicted molar refractivity (Wildman–Crippen MR) is 117 cm³/mol. The van der Waals surface area contributed by atoms with Gasteiger partial charge in [-0.1, -0.05) is 18.2 Å². The van der Waals surface area contributed by atoms with E-state index in [1.807, 2.05) is 0 Å². The van der Waals surface area contributed by atoms with Crippen LogP contribution in [-0.4, -0.2) is 24.3 Å². The maximum absolute atomic E-state index is 13.3. The van der Waals surface area contributed by atoms with Gasteiger partial charge in [0.25, 0.3) is 0 Å². The Balaban J connectivity index is 1.46. The van der Waals surface area contributed by atoms with Crippen LogP contribution in [0, 0.1) is 5.82 Å². The molecule has 3 aromatic carbocycles. The molecule has 4 aromatic rings. The fourth-order valence-electron chi connectivity index (χ4n) is 4.14. The molecule has 5 rings (SSSR count). The normalized spacial score (nSPS) is 17.5. The first-order chi connectivity index (χ1) is 16.1. The van der Waals surface area contributed by atoms with Gasteiger partial charge < -0.3 is 4.42 Å².